The van der Waals surface area contributed by atoms with Gasteiger partial charge in [-0.15, -0.1) is 5.10 Å². The molecule has 2 fully saturated rings. The average Bonchev–Trinajstić information content (AvgIpc) is 3.22. The number of halogens is 1. The fourth-order valence-corrected chi connectivity index (χ4v) is 4.34. The first-order valence-electron chi connectivity index (χ1n) is 9.69. The normalized spacial score (nSPS) is 23.4. The highest BCUT2D eigenvalue weighted by atomic mass is 35.5. The fourth-order valence-electron chi connectivity index (χ4n) is 4.22. The summed E-state index contributed by atoms with van der Waals surface area (Å²) in [6.07, 6.45) is 5.76. The number of tetrazole rings is 1. The van der Waals surface area contributed by atoms with Gasteiger partial charge in [0.15, 0.2) is 0 Å². The quantitative estimate of drug-likeness (QED) is 0.804. The van der Waals surface area contributed by atoms with E-state index in [1.54, 1.807) is 11.0 Å². The molecule has 1 aliphatic carbocycles. The summed E-state index contributed by atoms with van der Waals surface area (Å²) in [4.78, 5) is 17.3. The molecule has 0 radical (unpaired) electrons. The summed E-state index contributed by atoms with van der Waals surface area (Å²) < 4.78 is 1.79. The van der Waals surface area contributed by atoms with Crippen LogP contribution >= 0.6 is 11.6 Å². The summed E-state index contributed by atoms with van der Waals surface area (Å²) >= 11 is 5.97. The van der Waals surface area contributed by atoms with Crippen molar-refractivity contribution in [2.75, 3.05) is 31.1 Å². The van der Waals surface area contributed by atoms with Crippen molar-refractivity contribution in [1.29, 1.82) is 0 Å². The van der Waals surface area contributed by atoms with Gasteiger partial charge >= 0.3 is 0 Å². The predicted octanol–water partition coefficient (Wildman–Crippen LogP) is 2.48. The van der Waals surface area contributed by atoms with Crippen LogP contribution in [0.25, 0.3) is 0 Å². The molecule has 1 aliphatic heterocycles. The maximum Gasteiger partial charge on any atom is 0.225 e. The Balaban J connectivity index is 1.24. The zero-order valence-corrected chi connectivity index (χ0v) is 16.1. The predicted molar refractivity (Wildman–Crippen MR) is 104 cm³/mol. The zero-order valence-electron chi connectivity index (χ0n) is 15.4. The molecule has 8 heteroatoms. The number of hydrogen-bond acceptors (Lipinski definition) is 5. The van der Waals surface area contributed by atoms with Crippen LogP contribution in [-0.4, -0.2) is 57.2 Å². The summed E-state index contributed by atoms with van der Waals surface area (Å²) in [6.45, 7) is 4.20. The van der Waals surface area contributed by atoms with Crippen molar-refractivity contribution in [1.82, 2.24) is 25.1 Å². The van der Waals surface area contributed by atoms with Gasteiger partial charge in [-0.05, 0) is 66.3 Å². The molecule has 1 aromatic heterocycles. The van der Waals surface area contributed by atoms with Gasteiger partial charge in [0.1, 0.15) is 6.33 Å². The van der Waals surface area contributed by atoms with Crippen LogP contribution < -0.4 is 4.90 Å². The van der Waals surface area contributed by atoms with Crippen molar-refractivity contribution in [3.63, 3.8) is 0 Å². The van der Waals surface area contributed by atoms with Crippen LogP contribution in [0.5, 0.6) is 0 Å². The molecule has 1 saturated heterocycles. The van der Waals surface area contributed by atoms with Crippen molar-refractivity contribution in [3.8, 4) is 0 Å². The van der Waals surface area contributed by atoms with E-state index in [-0.39, 0.29) is 5.92 Å². The molecule has 2 aromatic rings. The second-order valence-electron chi connectivity index (χ2n) is 7.54. The molecule has 7 nitrogen and oxygen atoms in total. The number of amides is 1. The van der Waals surface area contributed by atoms with E-state index in [0.717, 1.165) is 63.4 Å². The number of piperazine rings is 1. The fraction of sp³-hybridized carbons (Fsp3) is 0.579. The van der Waals surface area contributed by atoms with E-state index >= 15 is 0 Å². The Morgan fingerprint density at radius 2 is 1.74 bits per heavy atom. The van der Waals surface area contributed by atoms with Gasteiger partial charge in [-0.2, -0.15) is 0 Å². The van der Waals surface area contributed by atoms with Crippen molar-refractivity contribution in [2.45, 2.75) is 32.2 Å². The number of carbonyl (C=O) groups excluding carboxylic acids is 1. The Bertz CT molecular complexity index is 734. The van der Waals surface area contributed by atoms with E-state index in [1.807, 2.05) is 24.3 Å². The summed E-state index contributed by atoms with van der Waals surface area (Å²) in [6, 6.07) is 7.93. The largest absolute Gasteiger partial charge is 0.368 e. The molecule has 0 atom stereocenters. The molecular formula is C19H25ClN6O. The highest BCUT2D eigenvalue weighted by molar-refractivity contribution is 6.30. The summed E-state index contributed by atoms with van der Waals surface area (Å²) in [5, 5.41) is 12.1. The van der Waals surface area contributed by atoms with Gasteiger partial charge in [-0.25, -0.2) is 4.68 Å². The summed E-state index contributed by atoms with van der Waals surface area (Å²) in [7, 11) is 0. The number of aromatic nitrogens is 4. The number of benzene rings is 1. The third-order valence-corrected chi connectivity index (χ3v) is 6.07. The number of carbonyl (C=O) groups is 1. The zero-order chi connectivity index (χ0) is 18.6. The number of nitrogens with zero attached hydrogens (tertiary/aromatic N) is 6. The second-order valence-corrected chi connectivity index (χ2v) is 7.97. The first kappa shape index (κ1) is 18.2. The van der Waals surface area contributed by atoms with E-state index in [2.05, 4.69) is 25.3 Å². The molecule has 4 rings (SSSR count). The molecule has 0 unspecified atom stereocenters. The molecule has 0 bridgehead atoms. The minimum Gasteiger partial charge on any atom is -0.368 e. The number of hydrogen-bond donors (Lipinski definition) is 0. The van der Waals surface area contributed by atoms with Crippen LogP contribution in [0.4, 0.5) is 5.69 Å². The minimum absolute atomic E-state index is 0.178. The molecule has 2 aliphatic rings. The van der Waals surface area contributed by atoms with Gasteiger partial charge in [0, 0.05) is 49.4 Å². The third kappa shape index (κ3) is 4.40. The molecule has 1 amide bonds. The standard InChI is InChI=1S/C19H25ClN6O/c20-17-5-7-18(8-6-17)24-9-11-25(12-10-24)19(27)16-3-1-15(2-4-16)13-26-14-21-22-23-26/h5-8,14-16H,1-4,9-13H2. The lowest BCUT2D eigenvalue weighted by Gasteiger charge is -2.38. The van der Waals surface area contributed by atoms with E-state index in [9.17, 15) is 4.79 Å². The highest BCUT2D eigenvalue weighted by Crippen LogP contribution is 2.31. The number of anilines is 1. The van der Waals surface area contributed by atoms with Gasteiger partial charge in [-0.3, -0.25) is 4.79 Å². The Morgan fingerprint density at radius 1 is 1.04 bits per heavy atom. The van der Waals surface area contributed by atoms with E-state index in [4.69, 9.17) is 11.6 Å². The average molecular weight is 389 g/mol. The van der Waals surface area contributed by atoms with Crippen molar-refractivity contribution in [2.24, 2.45) is 11.8 Å². The first-order valence-corrected chi connectivity index (χ1v) is 10.1. The van der Waals surface area contributed by atoms with Crippen molar-refractivity contribution < 1.29 is 4.79 Å². The van der Waals surface area contributed by atoms with Gasteiger partial charge in [0.05, 0.1) is 0 Å². The van der Waals surface area contributed by atoms with Crippen LogP contribution in [0.2, 0.25) is 5.02 Å². The van der Waals surface area contributed by atoms with E-state index < -0.39 is 0 Å². The maximum absolute atomic E-state index is 12.9. The maximum atomic E-state index is 12.9. The highest BCUT2D eigenvalue weighted by Gasteiger charge is 2.31. The number of rotatable bonds is 4. The minimum atomic E-state index is 0.178. The smallest absolute Gasteiger partial charge is 0.225 e. The molecule has 0 N–H and O–H groups in total. The lowest BCUT2D eigenvalue weighted by Crippen LogP contribution is -2.50. The van der Waals surface area contributed by atoms with Crippen LogP contribution in [-0.2, 0) is 11.3 Å². The van der Waals surface area contributed by atoms with Crippen LogP contribution in [0.3, 0.4) is 0 Å². The summed E-state index contributed by atoms with van der Waals surface area (Å²) in [5.41, 5.74) is 1.18. The molecule has 27 heavy (non-hydrogen) atoms. The van der Waals surface area contributed by atoms with Gasteiger partial charge in [-0.1, -0.05) is 11.6 Å². The van der Waals surface area contributed by atoms with Gasteiger partial charge < -0.3 is 9.80 Å². The Hall–Kier alpha value is -2.15. The van der Waals surface area contributed by atoms with Gasteiger partial charge in [0.2, 0.25) is 5.91 Å². The van der Waals surface area contributed by atoms with E-state index in [0.29, 0.717) is 11.8 Å². The Kier molecular flexibility index (Phi) is 5.57. The first-order chi connectivity index (χ1) is 13.2. The molecule has 1 saturated carbocycles. The monoisotopic (exact) mass is 388 g/mol. The Labute approximate surface area is 164 Å². The van der Waals surface area contributed by atoms with Crippen LogP contribution in [0.1, 0.15) is 25.7 Å². The topological polar surface area (TPSA) is 67.2 Å². The van der Waals surface area contributed by atoms with Gasteiger partial charge in [0.25, 0.3) is 0 Å². The van der Waals surface area contributed by atoms with Crippen LogP contribution in [0.15, 0.2) is 30.6 Å². The van der Waals surface area contributed by atoms with Crippen molar-refractivity contribution >= 4 is 23.2 Å². The lowest BCUT2D eigenvalue weighted by atomic mass is 9.81. The molecule has 2 heterocycles. The molecular weight excluding hydrogens is 364 g/mol. The third-order valence-electron chi connectivity index (χ3n) is 5.82. The SMILES string of the molecule is O=C(C1CCC(Cn2cnnn2)CC1)N1CCN(c2ccc(Cl)cc2)CC1. The molecule has 144 valence electrons. The Morgan fingerprint density at radius 3 is 2.37 bits per heavy atom. The lowest BCUT2D eigenvalue weighted by molar-refractivity contribution is -0.137. The molecule has 0 spiro atoms. The van der Waals surface area contributed by atoms with Crippen LogP contribution in [0, 0.1) is 11.8 Å². The van der Waals surface area contributed by atoms with E-state index in [1.165, 1.54) is 5.69 Å². The summed E-state index contributed by atoms with van der Waals surface area (Å²) in [5.74, 6) is 1.09. The van der Waals surface area contributed by atoms with Crippen molar-refractivity contribution in [3.05, 3.63) is 35.6 Å². The second kappa shape index (κ2) is 8.25. The molecule has 1 aromatic carbocycles.